The first-order valence-electron chi connectivity index (χ1n) is 7.89. The van der Waals surface area contributed by atoms with Crippen LogP contribution in [0.15, 0.2) is 18.2 Å². The monoisotopic (exact) mass is 319 g/mol. The Kier molecular flexibility index (Phi) is 5.74. The topological polar surface area (TPSA) is 72.9 Å². The van der Waals surface area contributed by atoms with Crippen molar-refractivity contribution < 1.29 is 14.7 Å². The predicted molar refractivity (Wildman–Crippen MR) is 89.7 cm³/mol. The fraction of sp³-hybridized carbons (Fsp3) is 0.529. The van der Waals surface area contributed by atoms with Gasteiger partial charge in [0.1, 0.15) is 6.04 Å². The van der Waals surface area contributed by atoms with Gasteiger partial charge in [-0.25, -0.2) is 0 Å². The zero-order valence-electron chi connectivity index (χ0n) is 14.0. The first-order chi connectivity index (χ1) is 10.9. The summed E-state index contributed by atoms with van der Waals surface area (Å²) in [5, 5.41) is 12.3. The van der Waals surface area contributed by atoms with Crippen LogP contribution in [-0.2, 0) is 9.59 Å². The summed E-state index contributed by atoms with van der Waals surface area (Å²) in [5.41, 5.74) is 2.96. The molecule has 1 heterocycles. The Labute approximate surface area is 137 Å². The third-order valence-electron chi connectivity index (χ3n) is 4.43. The lowest BCUT2D eigenvalue weighted by molar-refractivity contribution is -0.145. The van der Waals surface area contributed by atoms with Gasteiger partial charge >= 0.3 is 5.97 Å². The lowest BCUT2D eigenvalue weighted by Gasteiger charge is -2.35. The minimum Gasteiger partial charge on any atom is -0.480 e. The number of nitrogens with zero attached hydrogens (tertiary/aromatic N) is 2. The minimum atomic E-state index is -0.940. The number of hydrogen-bond donors (Lipinski definition) is 2. The molecule has 23 heavy (non-hydrogen) atoms. The second kappa shape index (κ2) is 7.57. The van der Waals surface area contributed by atoms with E-state index in [0.29, 0.717) is 18.8 Å². The molecule has 1 amide bonds. The SMILES string of the molecule is Cc1ccc(NC(=O)CC(C(=O)O)N2CCN(C)CC2)cc1C. The van der Waals surface area contributed by atoms with E-state index >= 15 is 0 Å². The van der Waals surface area contributed by atoms with Crippen molar-refractivity contribution in [3.8, 4) is 0 Å². The summed E-state index contributed by atoms with van der Waals surface area (Å²) >= 11 is 0. The standard InChI is InChI=1S/C17H25N3O3/c1-12-4-5-14(10-13(12)2)18-16(21)11-15(17(22)23)20-8-6-19(3)7-9-20/h4-5,10,15H,6-9,11H2,1-3H3,(H,18,21)(H,22,23). The number of nitrogens with one attached hydrogen (secondary N) is 1. The van der Waals surface area contributed by atoms with Crippen LogP contribution in [0.5, 0.6) is 0 Å². The van der Waals surface area contributed by atoms with Gasteiger partial charge in [0.25, 0.3) is 0 Å². The van der Waals surface area contributed by atoms with Crippen molar-refractivity contribution in [2.24, 2.45) is 0 Å². The molecule has 0 radical (unpaired) electrons. The van der Waals surface area contributed by atoms with Gasteiger partial charge in [0.05, 0.1) is 6.42 Å². The predicted octanol–water partition coefficient (Wildman–Crippen LogP) is 1.33. The van der Waals surface area contributed by atoms with Crippen molar-refractivity contribution in [3.05, 3.63) is 29.3 Å². The third-order valence-corrected chi connectivity index (χ3v) is 4.43. The molecule has 1 aliphatic rings. The maximum Gasteiger partial charge on any atom is 0.321 e. The van der Waals surface area contributed by atoms with Crippen molar-refractivity contribution in [2.75, 3.05) is 38.5 Å². The number of carboxylic acids is 1. The largest absolute Gasteiger partial charge is 0.480 e. The zero-order valence-corrected chi connectivity index (χ0v) is 14.0. The molecule has 1 fully saturated rings. The summed E-state index contributed by atoms with van der Waals surface area (Å²) < 4.78 is 0. The average Bonchev–Trinajstić information content (AvgIpc) is 2.49. The number of piperazine rings is 1. The van der Waals surface area contributed by atoms with Crippen LogP contribution in [0.25, 0.3) is 0 Å². The van der Waals surface area contributed by atoms with Crippen LogP contribution in [0, 0.1) is 13.8 Å². The lowest BCUT2D eigenvalue weighted by Crippen LogP contribution is -2.52. The number of hydrogen-bond acceptors (Lipinski definition) is 4. The van der Waals surface area contributed by atoms with E-state index in [4.69, 9.17) is 0 Å². The highest BCUT2D eigenvalue weighted by atomic mass is 16.4. The summed E-state index contributed by atoms with van der Waals surface area (Å²) in [5.74, 6) is -1.20. The Hall–Kier alpha value is -1.92. The van der Waals surface area contributed by atoms with Gasteiger partial charge in [0.2, 0.25) is 5.91 Å². The fourth-order valence-corrected chi connectivity index (χ4v) is 2.71. The molecule has 6 heteroatoms. The highest BCUT2D eigenvalue weighted by molar-refractivity contribution is 5.94. The molecule has 1 aromatic carbocycles. The number of carbonyl (C=O) groups is 2. The molecule has 1 saturated heterocycles. The summed E-state index contributed by atoms with van der Waals surface area (Å²) in [6.07, 6.45) is -0.0357. The zero-order chi connectivity index (χ0) is 17.0. The Morgan fingerprint density at radius 2 is 1.83 bits per heavy atom. The quantitative estimate of drug-likeness (QED) is 0.857. The maximum atomic E-state index is 12.2. The molecule has 2 rings (SSSR count). The molecule has 1 aromatic rings. The van der Waals surface area contributed by atoms with E-state index in [1.807, 2.05) is 44.0 Å². The molecule has 1 atom stereocenters. The van der Waals surface area contributed by atoms with Gasteiger partial charge in [-0.05, 0) is 44.2 Å². The van der Waals surface area contributed by atoms with Crippen molar-refractivity contribution in [1.29, 1.82) is 0 Å². The average molecular weight is 319 g/mol. The molecule has 0 aromatic heterocycles. The van der Waals surface area contributed by atoms with Crippen molar-refractivity contribution in [2.45, 2.75) is 26.3 Å². The van der Waals surface area contributed by atoms with Gasteiger partial charge in [0.15, 0.2) is 0 Å². The molecule has 0 bridgehead atoms. The van der Waals surface area contributed by atoms with Gasteiger partial charge in [-0.1, -0.05) is 6.07 Å². The number of anilines is 1. The van der Waals surface area contributed by atoms with Crippen LogP contribution in [0.3, 0.4) is 0 Å². The van der Waals surface area contributed by atoms with Crippen LogP contribution < -0.4 is 5.32 Å². The minimum absolute atomic E-state index is 0.0357. The number of carbonyl (C=O) groups excluding carboxylic acids is 1. The lowest BCUT2D eigenvalue weighted by atomic mass is 10.1. The van der Waals surface area contributed by atoms with E-state index in [-0.39, 0.29) is 12.3 Å². The van der Waals surface area contributed by atoms with Gasteiger partial charge < -0.3 is 15.3 Å². The fourth-order valence-electron chi connectivity index (χ4n) is 2.71. The van der Waals surface area contributed by atoms with E-state index < -0.39 is 12.0 Å². The molecule has 0 spiro atoms. The maximum absolute atomic E-state index is 12.2. The van der Waals surface area contributed by atoms with Gasteiger partial charge in [-0.2, -0.15) is 0 Å². The first-order valence-corrected chi connectivity index (χ1v) is 7.89. The summed E-state index contributed by atoms with van der Waals surface area (Å²) in [7, 11) is 2.01. The van der Waals surface area contributed by atoms with Crippen molar-refractivity contribution in [3.63, 3.8) is 0 Å². The molecule has 2 N–H and O–H groups in total. The summed E-state index contributed by atoms with van der Waals surface area (Å²) in [6.45, 7) is 6.98. The third kappa shape index (κ3) is 4.77. The number of likely N-dealkylation sites (N-methyl/N-ethyl adjacent to an activating group) is 1. The number of aryl methyl sites for hydroxylation is 2. The number of aliphatic carboxylic acids is 1. The Balaban J connectivity index is 1.97. The molecule has 0 saturated carbocycles. The van der Waals surface area contributed by atoms with Crippen molar-refractivity contribution >= 4 is 17.6 Å². The van der Waals surface area contributed by atoms with E-state index in [1.54, 1.807) is 0 Å². The summed E-state index contributed by atoms with van der Waals surface area (Å²) in [6, 6.07) is 4.92. The number of amides is 1. The molecule has 6 nitrogen and oxygen atoms in total. The smallest absolute Gasteiger partial charge is 0.321 e. The van der Waals surface area contributed by atoms with Crippen LogP contribution in [0.1, 0.15) is 17.5 Å². The highest BCUT2D eigenvalue weighted by Crippen LogP contribution is 2.16. The Bertz CT molecular complexity index is 580. The molecular formula is C17H25N3O3. The summed E-state index contributed by atoms with van der Waals surface area (Å²) in [4.78, 5) is 27.8. The number of benzene rings is 1. The van der Waals surface area contributed by atoms with Crippen LogP contribution in [0.2, 0.25) is 0 Å². The van der Waals surface area contributed by atoms with E-state index in [1.165, 1.54) is 0 Å². The molecule has 0 aliphatic carbocycles. The first kappa shape index (κ1) is 17.4. The van der Waals surface area contributed by atoms with E-state index in [9.17, 15) is 14.7 Å². The normalized spacial score (nSPS) is 17.7. The van der Waals surface area contributed by atoms with Crippen LogP contribution in [0.4, 0.5) is 5.69 Å². The van der Waals surface area contributed by atoms with Crippen molar-refractivity contribution in [1.82, 2.24) is 9.80 Å². The molecule has 126 valence electrons. The molecule has 1 aliphatic heterocycles. The molecule has 1 unspecified atom stereocenters. The Morgan fingerprint density at radius 3 is 2.39 bits per heavy atom. The second-order valence-corrected chi connectivity index (χ2v) is 6.24. The van der Waals surface area contributed by atoms with Gasteiger partial charge in [-0.3, -0.25) is 14.5 Å². The number of carboxylic acid groups (broad SMARTS) is 1. The van der Waals surface area contributed by atoms with Crippen LogP contribution >= 0.6 is 0 Å². The van der Waals surface area contributed by atoms with Crippen LogP contribution in [-0.4, -0.2) is 66.1 Å². The number of rotatable bonds is 5. The van der Waals surface area contributed by atoms with E-state index in [2.05, 4.69) is 10.2 Å². The highest BCUT2D eigenvalue weighted by Gasteiger charge is 2.30. The van der Waals surface area contributed by atoms with E-state index in [0.717, 1.165) is 24.2 Å². The van der Waals surface area contributed by atoms with Gasteiger partial charge in [-0.15, -0.1) is 0 Å². The molecular weight excluding hydrogens is 294 g/mol. The van der Waals surface area contributed by atoms with Gasteiger partial charge in [0, 0.05) is 31.9 Å². The Morgan fingerprint density at radius 1 is 1.17 bits per heavy atom. The second-order valence-electron chi connectivity index (χ2n) is 6.24.